The van der Waals surface area contributed by atoms with Crippen LogP contribution in [0.5, 0.6) is 5.75 Å². The minimum atomic E-state index is -4.33. The molecule has 4 rings (SSSR count). The predicted molar refractivity (Wildman–Crippen MR) is 104 cm³/mol. The molecule has 1 saturated heterocycles. The number of hydrogen-bond donors (Lipinski definition) is 2. The summed E-state index contributed by atoms with van der Waals surface area (Å²) in [7, 11) is 1.76. The van der Waals surface area contributed by atoms with E-state index < -0.39 is 12.8 Å². The van der Waals surface area contributed by atoms with Gasteiger partial charge >= 0.3 is 6.18 Å². The standard InChI is InChI=1S/C21H28F3N3O2/c1-25-19(26-12-14-4-6-15(7-5-14)29-13-21(22,23)24)27-17-16-8-11-28-18(16)20(17)9-2-3-10-20/h4-7,16-18H,2-3,8-13H2,1H3,(H2,25,26,27). The zero-order valence-corrected chi connectivity index (χ0v) is 16.6. The highest BCUT2D eigenvalue weighted by molar-refractivity contribution is 5.80. The molecule has 0 aromatic heterocycles. The van der Waals surface area contributed by atoms with Gasteiger partial charge in [-0.05, 0) is 37.0 Å². The third-order valence-corrected chi connectivity index (χ3v) is 6.59. The lowest BCUT2D eigenvalue weighted by Crippen LogP contribution is -2.69. The fraction of sp³-hybridized carbons (Fsp3) is 0.667. The quantitative estimate of drug-likeness (QED) is 0.574. The lowest BCUT2D eigenvalue weighted by atomic mass is 9.54. The molecule has 3 aliphatic rings. The number of alkyl halides is 3. The summed E-state index contributed by atoms with van der Waals surface area (Å²) < 4.78 is 47.5. The van der Waals surface area contributed by atoms with E-state index in [9.17, 15) is 13.2 Å². The third-order valence-electron chi connectivity index (χ3n) is 6.59. The Hall–Kier alpha value is -1.96. The average Bonchev–Trinajstić information content (AvgIpc) is 3.36. The summed E-state index contributed by atoms with van der Waals surface area (Å²) in [5, 5.41) is 6.96. The van der Waals surface area contributed by atoms with Gasteiger partial charge in [-0.2, -0.15) is 13.2 Å². The molecule has 3 unspecified atom stereocenters. The second-order valence-electron chi connectivity index (χ2n) is 8.28. The molecule has 2 aliphatic carbocycles. The van der Waals surface area contributed by atoms with Gasteiger partial charge in [-0.15, -0.1) is 0 Å². The Labute approximate surface area is 169 Å². The van der Waals surface area contributed by atoms with Gasteiger partial charge < -0.3 is 20.1 Å². The molecule has 5 nitrogen and oxygen atoms in total. The Morgan fingerprint density at radius 3 is 2.62 bits per heavy atom. The molecule has 0 bridgehead atoms. The van der Waals surface area contributed by atoms with Crippen LogP contribution in [0.15, 0.2) is 29.3 Å². The number of aliphatic imine (C=N–C) groups is 1. The van der Waals surface area contributed by atoms with Crippen molar-refractivity contribution in [3.63, 3.8) is 0 Å². The highest BCUT2D eigenvalue weighted by Gasteiger charge is 2.65. The van der Waals surface area contributed by atoms with Gasteiger partial charge in [-0.1, -0.05) is 25.0 Å². The molecule has 3 atom stereocenters. The van der Waals surface area contributed by atoms with E-state index in [1.807, 2.05) is 0 Å². The van der Waals surface area contributed by atoms with E-state index in [0.29, 0.717) is 24.6 Å². The van der Waals surface area contributed by atoms with E-state index in [0.717, 1.165) is 24.6 Å². The van der Waals surface area contributed by atoms with Crippen LogP contribution in [0.2, 0.25) is 0 Å². The van der Waals surface area contributed by atoms with Crippen LogP contribution in [0, 0.1) is 11.3 Å². The van der Waals surface area contributed by atoms with Crippen molar-refractivity contribution < 1.29 is 22.6 Å². The van der Waals surface area contributed by atoms with Crippen molar-refractivity contribution in [2.75, 3.05) is 20.3 Å². The third kappa shape index (κ3) is 4.17. The Bertz CT molecular complexity index is 730. The number of fused-ring (bicyclic) bond motifs is 2. The Kier molecular flexibility index (Phi) is 5.64. The highest BCUT2D eigenvalue weighted by Crippen LogP contribution is 2.60. The Morgan fingerprint density at radius 2 is 1.97 bits per heavy atom. The summed E-state index contributed by atoms with van der Waals surface area (Å²) in [4.78, 5) is 4.37. The van der Waals surface area contributed by atoms with E-state index in [2.05, 4.69) is 15.6 Å². The molecule has 160 valence electrons. The maximum atomic E-state index is 12.2. The number of halogens is 3. The summed E-state index contributed by atoms with van der Waals surface area (Å²) in [5.41, 5.74) is 1.19. The van der Waals surface area contributed by atoms with Crippen LogP contribution in [0.1, 0.15) is 37.7 Å². The van der Waals surface area contributed by atoms with Gasteiger partial charge in [0.2, 0.25) is 0 Å². The van der Waals surface area contributed by atoms with Crippen LogP contribution in [-0.2, 0) is 11.3 Å². The first-order valence-electron chi connectivity index (χ1n) is 10.3. The highest BCUT2D eigenvalue weighted by atomic mass is 19.4. The number of rotatable bonds is 5. The van der Waals surface area contributed by atoms with Crippen LogP contribution in [0.3, 0.4) is 0 Å². The van der Waals surface area contributed by atoms with Crippen molar-refractivity contribution in [1.82, 2.24) is 10.6 Å². The van der Waals surface area contributed by atoms with Gasteiger partial charge in [0.05, 0.1) is 6.10 Å². The molecular weight excluding hydrogens is 383 g/mol. The number of nitrogens with one attached hydrogen (secondary N) is 2. The number of benzene rings is 1. The molecule has 2 saturated carbocycles. The zero-order chi connectivity index (χ0) is 20.5. The molecule has 0 radical (unpaired) electrons. The summed E-state index contributed by atoms with van der Waals surface area (Å²) in [6.07, 6.45) is 2.11. The summed E-state index contributed by atoms with van der Waals surface area (Å²) >= 11 is 0. The van der Waals surface area contributed by atoms with Crippen LogP contribution in [-0.4, -0.2) is 44.5 Å². The second kappa shape index (κ2) is 8.05. The largest absolute Gasteiger partial charge is 0.484 e. The van der Waals surface area contributed by atoms with Crippen LogP contribution in [0.4, 0.5) is 13.2 Å². The molecule has 1 heterocycles. The number of hydrogen-bond acceptors (Lipinski definition) is 3. The number of guanidine groups is 1. The van der Waals surface area contributed by atoms with E-state index in [-0.39, 0.29) is 11.2 Å². The molecule has 2 N–H and O–H groups in total. The molecule has 29 heavy (non-hydrogen) atoms. The SMILES string of the molecule is CN=C(NCc1ccc(OCC(F)(F)F)cc1)NC1C2CCOC2C12CCCC2. The van der Waals surface area contributed by atoms with Crippen molar-refractivity contribution in [3.05, 3.63) is 29.8 Å². The second-order valence-corrected chi connectivity index (χ2v) is 8.28. The molecule has 1 spiro atoms. The minimum absolute atomic E-state index is 0.207. The predicted octanol–water partition coefficient (Wildman–Crippen LogP) is 3.64. The first kappa shape index (κ1) is 20.3. The van der Waals surface area contributed by atoms with Gasteiger partial charge in [0, 0.05) is 37.6 Å². The van der Waals surface area contributed by atoms with Gasteiger partial charge in [-0.3, -0.25) is 4.99 Å². The molecule has 1 aliphatic heterocycles. The van der Waals surface area contributed by atoms with Crippen molar-refractivity contribution in [2.45, 2.75) is 57.0 Å². The first-order valence-corrected chi connectivity index (χ1v) is 10.3. The molecule has 1 aromatic carbocycles. The van der Waals surface area contributed by atoms with Gasteiger partial charge in [0.1, 0.15) is 5.75 Å². The van der Waals surface area contributed by atoms with E-state index in [1.165, 1.54) is 25.7 Å². The van der Waals surface area contributed by atoms with Crippen molar-refractivity contribution in [3.8, 4) is 5.75 Å². The number of nitrogens with zero attached hydrogens (tertiary/aromatic N) is 1. The normalized spacial score (nSPS) is 28.1. The minimum Gasteiger partial charge on any atom is -0.484 e. The van der Waals surface area contributed by atoms with Gasteiger partial charge in [0.25, 0.3) is 0 Å². The molecule has 1 aromatic rings. The smallest absolute Gasteiger partial charge is 0.422 e. The zero-order valence-electron chi connectivity index (χ0n) is 16.6. The maximum absolute atomic E-state index is 12.2. The van der Waals surface area contributed by atoms with Crippen molar-refractivity contribution in [2.24, 2.45) is 16.3 Å². The van der Waals surface area contributed by atoms with Crippen LogP contribution < -0.4 is 15.4 Å². The van der Waals surface area contributed by atoms with Crippen LogP contribution in [0.25, 0.3) is 0 Å². The lowest BCUT2D eigenvalue weighted by molar-refractivity contribution is -0.153. The van der Waals surface area contributed by atoms with Crippen molar-refractivity contribution >= 4 is 5.96 Å². The van der Waals surface area contributed by atoms with Gasteiger partial charge in [0.15, 0.2) is 12.6 Å². The monoisotopic (exact) mass is 411 g/mol. The van der Waals surface area contributed by atoms with Crippen LogP contribution >= 0.6 is 0 Å². The topological polar surface area (TPSA) is 54.9 Å². The summed E-state index contributed by atoms with van der Waals surface area (Å²) in [6, 6.07) is 7.02. The van der Waals surface area contributed by atoms with E-state index in [4.69, 9.17) is 9.47 Å². The van der Waals surface area contributed by atoms with E-state index in [1.54, 1.807) is 31.3 Å². The Morgan fingerprint density at radius 1 is 1.24 bits per heavy atom. The van der Waals surface area contributed by atoms with Gasteiger partial charge in [-0.25, -0.2) is 0 Å². The van der Waals surface area contributed by atoms with E-state index >= 15 is 0 Å². The van der Waals surface area contributed by atoms with Crippen molar-refractivity contribution in [1.29, 1.82) is 0 Å². The molecular formula is C21H28F3N3O2. The molecule has 0 amide bonds. The summed E-state index contributed by atoms with van der Waals surface area (Å²) in [6.45, 7) is 0.101. The lowest BCUT2D eigenvalue weighted by Gasteiger charge is -2.57. The average molecular weight is 411 g/mol. The molecule has 8 heteroatoms. The molecule has 3 fully saturated rings. The fourth-order valence-electron chi connectivity index (χ4n) is 5.30. The number of ether oxygens (including phenoxy) is 2. The Balaban J connectivity index is 1.31. The first-order chi connectivity index (χ1) is 13.9. The maximum Gasteiger partial charge on any atom is 0.422 e. The fourth-order valence-corrected chi connectivity index (χ4v) is 5.30. The summed E-state index contributed by atoms with van der Waals surface area (Å²) in [5.74, 6) is 1.51.